The largest absolute Gasteiger partial charge is 0.493 e. The lowest BCUT2D eigenvalue weighted by atomic mass is 10.3. The highest BCUT2D eigenvalue weighted by atomic mass is 16.5. The standard InChI is InChI=1S/C14H16N2O3/c1-16-11(9-14(17)18)10-15-13(16)7-8-19-12-5-3-2-4-6-12/h2-6,10H,7-9H2,1H3,(H,17,18). The quantitative estimate of drug-likeness (QED) is 0.858. The summed E-state index contributed by atoms with van der Waals surface area (Å²) in [5, 5.41) is 8.76. The van der Waals surface area contributed by atoms with Gasteiger partial charge in [0.25, 0.3) is 0 Å². The third-order valence-electron chi connectivity index (χ3n) is 2.85. The van der Waals surface area contributed by atoms with Crippen LogP contribution in [0.5, 0.6) is 5.75 Å². The van der Waals surface area contributed by atoms with Gasteiger partial charge in [-0.05, 0) is 12.1 Å². The lowest BCUT2D eigenvalue weighted by molar-refractivity contribution is -0.136. The van der Waals surface area contributed by atoms with Crippen LogP contribution in [-0.4, -0.2) is 27.2 Å². The maximum Gasteiger partial charge on any atom is 0.309 e. The van der Waals surface area contributed by atoms with Gasteiger partial charge in [0.2, 0.25) is 0 Å². The molecule has 0 aliphatic carbocycles. The fourth-order valence-electron chi connectivity index (χ4n) is 1.82. The van der Waals surface area contributed by atoms with E-state index in [9.17, 15) is 4.79 Å². The van der Waals surface area contributed by atoms with Gasteiger partial charge in [-0.1, -0.05) is 18.2 Å². The molecule has 5 nitrogen and oxygen atoms in total. The highest BCUT2D eigenvalue weighted by Crippen LogP contribution is 2.10. The number of ether oxygens (including phenoxy) is 1. The predicted molar refractivity (Wildman–Crippen MR) is 70.2 cm³/mol. The molecule has 0 saturated carbocycles. The summed E-state index contributed by atoms with van der Waals surface area (Å²) in [7, 11) is 1.82. The molecule has 0 aliphatic heterocycles. The lowest BCUT2D eigenvalue weighted by Crippen LogP contribution is -2.10. The fourth-order valence-corrected chi connectivity index (χ4v) is 1.82. The Hall–Kier alpha value is -2.30. The first-order valence-electron chi connectivity index (χ1n) is 6.06. The molecule has 2 rings (SSSR count). The van der Waals surface area contributed by atoms with E-state index in [4.69, 9.17) is 9.84 Å². The van der Waals surface area contributed by atoms with Gasteiger partial charge in [-0.2, -0.15) is 0 Å². The molecule has 100 valence electrons. The minimum atomic E-state index is -0.852. The van der Waals surface area contributed by atoms with Gasteiger partial charge in [-0.25, -0.2) is 4.98 Å². The van der Waals surface area contributed by atoms with Gasteiger partial charge >= 0.3 is 5.97 Å². The number of nitrogens with zero attached hydrogens (tertiary/aromatic N) is 2. The molecule has 5 heteroatoms. The van der Waals surface area contributed by atoms with Crippen molar-refractivity contribution in [1.82, 2.24) is 9.55 Å². The first kappa shape index (κ1) is 13.1. The van der Waals surface area contributed by atoms with Crippen molar-refractivity contribution in [3.05, 3.63) is 48.0 Å². The van der Waals surface area contributed by atoms with Crippen molar-refractivity contribution in [2.75, 3.05) is 6.61 Å². The Labute approximate surface area is 111 Å². The number of para-hydroxylation sites is 1. The van der Waals surface area contributed by atoms with E-state index in [1.807, 2.05) is 41.9 Å². The zero-order valence-corrected chi connectivity index (χ0v) is 10.7. The molecule has 0 unspecified atom stereocenters. The Kier molecular flexibility index (Phi) is 4.18. The van der Waals surface area contributed by atoms with Crippen LogP contribution in [0.1, 0.15) is 11.5 Å². The maximum atomic E-state index is 10.7. The number of rotatable bonds is 6. The second-order valence-electron chi connectivity index (χ2n) is 4.21. The van der Waals surface area contributed by atoms with Crippen LogP contribution >= 0.6 is 0 Å². The van der Waals surface area contributed by atoms with E-state index < -0.39 is 5.97 Å². The highest BCUT2D eigenvalue weighted by molar-refractivity contribution is 5.69. The van der Waals surface area contributed by atoms with Crippen LogP contribution in [0.3, 0.4) is 0 Å². The Balaban J connectivity index is 1.90. The third kappa shape index (κ3) is 3.58. The molecule has 1 heterocycles. The Morgan fingerprint density at radius 2 is 2.11 bits per heavy atom. The molecule has 0 fully saturated rings. The summed E-state index contributed by atoms with van der Waals surface area (Å²) in [6.45, 7) is 0.515. The van der Waals surface area contributed by atoms with Gasteiger partial charge in [-0.15, -0.1) is 0 Å². The van der Waals surface area contributed by atoms with E-state index in [0.717, 1.165) is 11.6 Å². The van der Waals surface area contributed by atoms with Crippen LogP contribution in [-0.2, 0) is 24.7 Å². The van der Waals surface area contributed by atoms with Crippen LogP contribution in [0.15, 0.2) is 36.5 Å². The van der Waals surface area contributed by atoms with Crippen LogP contribution in [0.2, 0.25) is 0 Å². The summed E-state index contributed by atoms with van der Waals surface area (Å²) < 4.78 is 7.39. The van der Waals surface area contributed by atoms with Gasteiger partial charge in [-0.3, -0.25) is 4.79 Å². The number of aromatic nitrogens is 2. The number of aliphatic carboxylic acids is 1. The number of benzene rings is 1. The van der Waals surface area contributed by atoms with Crippen molar-refractivity contribution in [3.63, 3.8) is 0 Å². The molecule has 0 bridgehead atoms. The fraction of sp³-hybridized carbons (Fsp3) is 0.286. The number of carboxylic acid groups (broad SMARTS) is 1. The SMILES string of the molecule is Cn1c(CC(=O)O)cnc1CCOc1ccccc1. The molecule has 1 N–H and O–H groups in total. The first-order valence-corrected chi connectivity index (χ1v) is 6.06. The monoisotopic (exact) mass is 260 g/mol. The van der Waals surface area contributed by atoms with Crippen molar-refractivity contribution < 1.29 is 14.6 Å². The summed E-state index contributed by atoms with van der Waals surface area (Å²) in [5.74, 6) is 0.796. The van der Waals surface area contributed by atoms with Crippen molar-refractivity contribution in [1.29, 1.82) is 0 Å². The maximum absolute atomic E-state index is 10.7. The molecule has 0 atom stereocenters. The molecule has 0 aliphatic rings. The summed E-state index contributed by atoms with van der Waals surface area (Å²) >= 11 is 0. The van der Waals surface area contributed by atoms with E-state index in [2.05, 4.69) is 4.98 Å². The van der Waals surface area contributed by atoms with Gasteiger partial charge in [0.05, 0.1) is 13.0 Å². The third-order valence-corrected chi connectivity index (χ3v) is 2.85. The summed E-state index contributed by atoms with van der Waals surface area (Å²) in [4.78, 5) is 14.9. The number of hydrogen-bond acceptors (Lipinski definition) is 3. The van der Waals surface area contributed by atoms with Gasteiger partial charge in [0, 0.05) is 25.4 Å². The van der Waals surface area contributed by atoms with Gasteiger partial charge < -0.3 is 14.4 Å². The molecule has 0 saturated heterocycles. The minimum Gasteiger partial charge on any atom is -0.493 e. The molecule has 2 aromatic rings. The number of imidazole rings is 1. The van der Waals surface area contributed by atoms with E-state index in [1.165, 1.54) is 0 Å². The average molecular weight is 260 g/mol. The predicted octanol–water partition coefficient (Wildman–Crippen LogP) is 1.67. The highest BCUT2D eigenvalue weighted by Gasteiger charge is 2.09. The van der Waals surface area contributed by atoms with Crippen molar-refractivity contribution in [2.45, 2.75) is 12.8 Å². The molecule has 0 spiro atoms. The average Bonchev–Trinajstić information content (AvgIpc) is 2.72. The zero-order valence-electron chi connectivity index (χ0n) is 10.7. The number of carbonyl (C=O) groups is 1. The van der Waals surface area contributed by atoms with Crippen LogP contribution in [0.4, 0.5) is 0 Å². The summed E-state index contributed by atoms with van der Waals surface area (Å²) in [6.07, 6.45) is 2.24. The second-order valence-corrected chi connectivity index (χ2v) is 4.21. The molecule has 19 heavy (non-hydrogen) atoms. The molecule has 1 aromatic carbocycles. The lowest BCUT2D eigenvalue weighted by Gasteiger charge is -2.07. The van der Waals surface area contributed by atoms with Crippen molar-refractivity contribution >= 4 is 5.97 Å². The smallest absolute Gasteiger partial charge is 0.309 e. The topological polar surface area (TPSA) is 64.4 Å². The van der Waals surface area contributed by atoms with E-state index >= 15 is 0 Å². The van der Waals surface area contributed by atoms with Crippen molar-refractivity contribution in [3.8, 4) is 5.75 Å². The number of hydrogen-bond donors (Lipinski definition) is 1. The Morgan fingerprint density at radius 3 is 2.79 bits per heavy atom. The van der Waals surface area contributed by atoms with E-state index in [0.29, 0.717) is 18.7 Å². The van der Waals surface area contributed by atoms with Crippen molar-refractivity contribution in [2.24, 2.45) is 7.05 Å². The summed E-state index contributed by atoms with van der Waals surface area (Å²) in [6, 6.07) is 9.56. The summed E-state index contributed by atoms with van der Waals surface area (Å²) in [5.41, 5.74) is 0.696. The van der Waals surface area contributed by atoms with Crippen LogP contribution in [0.25, 0.3) is 0 Å². The van der Waals surface area contributed by atoms with Gasteiger partial charge in [0.1, 0.15) is 11.6 Å². The number of carboxylic acids is 1. The first-order chi connectivity index (χ1) is 9.16. The second kappa shape index (κ2) is 6.04. The molecular weight excluding hydrogens is 244 g/mol. The Morgan fingerprint density at radius 1 is 1.37 bits per heavy atom. The Bertz CT molecular complexity index is 549. The van der Waals surface area contributed by atoms with Crippen LogP contribution < -0.4 is 4.74 Å². The minimum absolute atomic E-state index is 0.0109. The molecular formula is C14H16N2O3. The normalized spacial score (nSPS) is 10.4. The van der Waals surface area contributed by atoms with E-state index in [-0.39, 0.29) is 6.42 Å². The molecule has 1 aromatic heterocycles. The van der Waals surface area contributed by atoms with Crippen LogP contribution in [0, 0.1) is 0 Å². The van der Waals surface area contributed by atoms with E-state index in [1.54, 1.807) is 6.20 Å². The van der Waals surface area contributed by atoms with Gasteiger partial charge in [0.15, 0.2) is 0 Å². The molecule has 0 radical (unpaired) electrons. The molecule has 0 amide bonds. The zero-order chi connectivity index (χ0) is 13.7.